The molecule has 0 aliphatic carbocycles. The molecule has 0 aromatic rings. The number of hydrogen-bond acceptors (Lipinski definition) is 4. The number of carbonyl (C=O) groups is 2. The van der Waals surface area contributed by atoms with E-state index in [1.165, 1.54) is 0 Å². The minimum atomic E-state index is -0.766. The Morgan fingerprint density at radius 2 is 2.08 bits per heavy atom. The maximum absolute atomic E-state index is 12.0. The fourth-order valence-electron chi connectivity index (χ4n) is 3.13. The van der Waals surface area contributed by atoms with E-state index in [-0.39, 0.29) is 24.3 Å². The number of hydrogen-bond donors (Lipinski definition) is 2. The van der Waals surface area contributed by atoms with Gasteiger partial charge in [-0.05, 0) is 32.1 Å². The number of unbranched alkanes of at least 4 members (excludes halogenated alkanes) is 3. The highest BCUT2D eigenvalue weighted by Crippen LogP contribution is 2.19. The van der Waals surface area contributed by atoms with Crippen molar-refractivity contribution in [2.45, 2.75) is 83.3 Å². The van der Waals surface area contributed by atoms with Gasteiger partial charge in [-0.1, -0.05) is 38.3 Å². The first-order valence-electron chi connectivity index (χ1n) is 9.36. The largest absolute Gasteiger partial charge is 0.481 e. The molecule has 138 valence electrons. The van der Waals surface area contributed by atoms with Crippen molar-refractivity contribution < 1.29 is 19.8 Å². The highest BCUT2D eigenvalue weighted by molar-refractivity contribution is 5.86. The van der Waals surface area contributed by atoms with Crippen molar-refractivity contribution in [3.8, 4) is 0 Å². The lowest BCUT2D eigenvalue weighted by Crippen LogP contribution is -2.34. The molecule has 24 heavy (non-hydrogen) atoms. The molecule has 1 aliphatic heterocycles. The highest BCUT2D eigenvalue weighted by atomic mass is 16.4. The Balaban J connectivity index is 2.27. The lowest BCUT2D eigenvalue weighted by Gasteiger charge is -2.23. The third-order valence-electron chi connectivity index (χ3n) is 4.64. The zero-order chi connectivity index (χ0) is 17.8. The standard InChI is InChI=1S/C19H33NO4/c1-2-3-6-9-16(21)12-14-20-15-13-18(22)17(20)10-7-4-5-8-11-19(23)24/h4,7,16-17,21H,2-3,5-6,8-15H2,1H3,(H,23,24)/b7-4+/t16?,17-/m1/s1. The minimum absolute atomic E-state index is 0.0661. The SMILES string of the molecule is CCCCCC(O)CCN1CCC(=O)[C@H]1C/C=C/CCCC(=O)O. The monoisotopic (exact) mass is 339 g/mol. The van der Waals surface area contributed by atoms with E-state index in [2.05, 4.69) is 11.8 Å². The number of allylic oxidation sites excluding steroid dienone is 1. The molecule has 0 amide bonds. The number of carboxylic acids is 1. The number of rotatable bonds is 13. The van der Waals surface area contributed by atoms with Gasteiger partial charge < -0.3 is 10.2 Å². The number of aliphatic hydroxyl groups is 1. The summed E-state index contributed by atoms with van der Waals surface area (Å²) >= 11 is 0. The van der Waals surface area contributed by atoms with Crippen molar-refractivity contribution in [3.05, 3.63) is 12.2 Å². The van der Waals surface area contributed by atoms with E-state index in [1.54, 1.807) is 0 Å². The number of carboxylic acid groups (broad SMARTS) is 1. The van der Waals surface area contributed by atoms with Crippen LogP contribution in [0.5, 0.6) is 0 Å². The van der Waals surface area contributed by atoms with Crippen molar-refractivity contribution in [1.82, 2.24) is 4.90 Å². The third kappa shape index (κ3) is 8.60. The van der Waals surface area contributed by atoms with Gasteiger partial charge in [-0.2, -0.15) is 0 Å². The number of likely N-dealkylation sites (tertiary alicyclic amines) is 1. The number of carbonyl (C=O) groups excluding carboxylic acids is 1. The molecule has 2 N–H and O–H groups in total. The number of ketones is 1. The van der Waals surface area contributed by atoms with Crippen LogP contribution in [0.4, 0.5) is 0 Å². The summed E-state index contributed by atoms with van der Waals surface area (Å²) in [5, 5.41) is 18.6. The number of Topliss-reactive ketones (excluding diaryl/α,β-unsaturated/α-hetero) is 1. The van der Waals surface area contributed by atoms with Gasteiger partial charge in [0.15, 0.2) is 5.78 Å². The van der Waals surface area contributed by atoms with E-state index in [4.69, 9.17) is 5.11 Å². The van der Waals surface area contributed by atoms with Crippen LogP contribution in [0.3, 0.4) is 0 Å². The second kappa shape index (κ2) is 12.2. The van der Waals surface area contributed by atoms with E-state index in [9.17, 15) is 14.7 Å². The molecule has 0 bridgehead atoms. The summed E-state index contributed by atoms with van der Waals surface area (Å²) in [6.45, 7) is 3.72. The second-order valence-electron chi connectivity index (χ2n) is 6.70. The third-order valence-corrected chi connectivity index (χ3v) is 4.64. The van der Waals surface area contributed by atoms with Crippen molar-refractivity contribution in [2.24, 2.45) is 0 Å². The predicted molar refractivity (Wildman–Crippen MR) is 95.0 cm³/mol. The molecule has 0 radical (unpaired) electrons. The van der Waals surface area contributed by atoms with Crippen molar-refractivity contribution in [2.75, 3.05) is 13.1 Å². The molecule has 2 atom stereocenters. The Labute approximate surface area is 145 Å². The van der Waals surface area contributed by atoms with Gasteiger partial charge in [0.1, 0.15) is 0 Å². The minimum Gasteiger partial charge on any atom is -0.481 e. The summed E-state index contributed by atoms with van der Waals surface area (Å²) in [6, 6.07) is -0.0661. The molecule has 0 saturated carbocycles. The molecule has 0 aromatic heterocycles. The molecule has 1 saturated heterocycles. The Kier molecular flexibility index (Phi) is 10.6. The maximum Gasteiger partial charge on any atom is 0.303 e. The summed E-state index contributed by atoms with van der Waals surface area (Å²) in [5.41, 5.74) is 0. The molecule has 1 fully saturated rings. The summed E-state index contributed by atoms with van der Waals surface area (Å²) in [5.74, 6) is -0.483. The Morgan fingerprint density at radius 3 is 2.79 bits per heavy atom. The average molecular weight is 339 g/mol. The van der Waals surface area contributed by atoms with E-state index < -0.39 is 5.97 Å². The first kappa shape index (κ1) is 20.8. The molecule has 5 nitrogen and oxygen atoms in total. The highest BCUT2D eigenvalue weighted by Gasteiger charge is 2.31. The molecule has 0 spiro atoms. The first-order valence-corrected chi connectivity index (χ1v) is 9.36. The lowest BCUT2D eigenvalue weighted by atomic mass is 10.1. The summed E-state index contributed by atoms with van der Waals surface area (Å²) in [7, 11) is 0. The predicted octanol–water partition coefficient (Wildman–Crippen LogP) is 3.16. The molecule has 1 aliphatic rings. The van der Waals surface area contributed by atoms with Crippen LogP contribution >= 0.6 is 0 Å². The van der Waals surface area contributed by atoms with Crippen LogP contribution in [0.2, 0.25) is 0 Å². The maximum atomic E-state index is 12.0. The number of nitrogens with zero attached hydrogens (tertiary/aromatic N) is 1. The van der Waals surface area contributed by atoms with Crippen LogP contribution in [-0.4, -0.2) is 52.1 Å². The van der Waals surface area contributed by atoms with Crippen LogP contribution in [0.1, 0.15) is 71.1 Å². The Bertz CT molecular complexity index is 408. The molecule has 1 heterocycles. The van der Waals surface area contributed by atoms with Crippen molar-refractivity contribution in [1.29, 1.82) is 0 Å². The van der Waals surface area contributed by atoms with Crippen LogP contribution < -0.4 is 0 Å². The van der Waals surface area contributed by atoms with Gasteiger partial charge in [-0.25, -0.2) is 0 Å². The van der Waals surface area contributed by atoms with Crippen LogP contribution in [0.15, 0.2) is 12.2 Å². The smallest absolute Gasteiger partial charge is 0.303 e. The summed E-state index contributed by atoms with van der Waals surface area (Å²) in [4.78, 5) is 24.7. The van der Waals surface area contributed by atoms with E-state index in [0.29, 0.717) is 19.3 Å². The van der Waals surface area contributed by atoms with Gasteiger partial charge in [-0.3, -0.25) is 14.5 Å². The van der Waals surface area contributed by atoms with Crippen LogP contribution in [0, 0.1) is 0 Å². The lowest BCUT2D eigenvalue weighted by molar-refractivity contribution is -0.137. The molecule has 5 heteroatoms. The number of aliphatic hydroxyl groups excluding tert-OH is 1. The Hall–Kier alpha value is -1.20. The van der Waals surface area contributed by atoms with E-state index >= 15 is 0 Å². The van der Waals surface area contributed by atoms with Gasteiger partial charge in [-0.15, -0.1) is 0 Å². The first-order chi connectivity index (χ1) is 11.5. The van der Waals surface area contributed by atoms with Crippen LogP contribution in [0.25, 0.3) is 0 Å². The normalized spacial score (nSPS) is 20.1. The quantitative estimate of drug-likeness (QED) is 0.398. The summed E-state index contributed by atoms with van der Waals surface area (Å²) < 4.78 is 0. The summed E-state index contributed by atoms with van der Waals surface area (Å²) in [6.07, 6.45) is 11.5. The molecule has 1 rings (SSSR count). The fraction of sp³-hybridized carbons (Fsp3) is 0.789. The van der Waals surface area contributed by atoms with Crippen molar-refractivity contribution >= 4 is 11.8 Å². The fourth-order valence-corrected chi connectivity index (χ4v) is 3.13. The van der Waals surface area contributed by atoms with Gasteiger partial charge in [0.25, 0.3) is 0 Å². The topological polar surface area (TPSA) is 77.8 Å². The van der Waals surface area contributed by atoms with E-state index in [0.717, 1.165) is 51.6 Å². The molecule has 1 unspecified atom stereocenters. The van der Waals surface area contributed by atoms with Crippen molar-refractivity contribution in [3.63, 3.8) is 0 Å². The Morgan fingerprint density at radius 1 is 1.29 bits per heavy atom. The van der Waals surface area contributed by atoms with Gasteiger partial charge in [0.2, 0.25) is 0 Å². The van der Waals surface area contributed by atoms with Gasteiger partial charge in [0, 0.05) is 25.9 Å². The average Bonchev–Trinajstić information content (AvgIpc) is 2.89. The van der Waals surface area contributed by atoms with Gasteiger partial charge >= 0.3 is 5.97 Å². The van der Waals surface area contributed by atoms with Crippen LogP contribution in [-0.2, 0) is 9.59 Å². The molecular formula is C19H33NO4. The zero-order valence-corrected chi connectivity index (χ0v) is 15.0. The second-order valence-corrected chi connectivity index (χ2v) is 6.70. The van der Waals surface area contributed by atoms with Gasteiger partial charge in [0.05, 0.1) is 12.1 Å². The number of aliphatic carboxylic acids is 1. The zero-order valence-electron chi connectivity index (χ0n) is 15.0. The molecule has 0 aromatic carbocycles. The van der Waals surface area contributed by atoms with E-state index in [1.807, 2.05) is 12.2 Å². The molecular weight excluding hydrogens is 306 g/mol.